The van der Waals surface area contributed by atoms with Crippen LogP contribution in [0, 0.1) is 0 Å². The smallest absolute Gasteiger partial charge is 0.322 e. The molecular formula is C18H15ClF3NO. The standard InChI is InChI=1S/C18H15ClF3NO/c19-15-9-8-12(18(20,21)22)10-14(15)17(24)23-16-7-3-5-11-4-1-2-6-13(11)16/h3,5,7-10H,1-2,4,6H2,(H,23,24). The minimum absolute atomic E-state index is 0.00898. The molecular weight excluding hydrogens is 339 g/mol. The van der Waals surface area contributed by atoms with Crippen molar-refractivity contribution in [1.82, 2.24) is 0 Å². The van der Waals surface area contributed by atoms with Gasteiger partial charge in [-0.2, -0.15) is 13.2 Å². The molecule has 0 aromatic heterocycles. The number of amides is 1. The maximum absolute atomic E-state index is 12.8. The minimum Gasteiger partial charge on any atom is -0.322 e. The van der Waals surface area contributed by atoms with Crippen LogP contribution in [0.25, 0.3) is 0 Å². The van der Waals surface area contributed by atoms with E-state index in [-0.39, 0.29) is 10.6 Å². The molecule has 0 fully saturated rings. The molecule has 1 N–H and O–H groups in total. The van der Waals surface area contributed by atoms with E-state index in [0.717, 1.165) is 49.4 Å². The Balaban J connectivity index is 1.91. The molecule has 2 aromatic rings. The topological polar surface area (TPSA) is 29.1 Å². The van der Waals surface area contributed by atoms with Crippen molar-refractivity contribution < 1.29 is 18.0 Å². The summed E-state index contributed by atoms with van der Waals surface area (Å²) in [4.78, 5) is 12.4. The Bertz CT molecular complexity index is 786. The van der Waals surface area contributed by atoms with Crippen molar-refractivity contribution >= 4 is 23.2 Å². The number of hydrogen-bond acceptors (Lipinski definition) is 1. The van der Waals surface area contributed by atoms with Crippen molar-refractivity contribution in [3.63, 3.8) is 0 Å². The second-order valence-corrected chi connectivity index (χ2v) is 6.20. The van der Waals surface area contributed by atoms with Gasteiger partial charge < -0.3 is 5.32 Å². The molecule has 2 aromatic carbocycles. The summed E-state index contributed by atoms with van der Waals surface area (Å²) in [5.41, 5.74) is 1.80. The Hall–Kier alpha value is -2.01. The molecule has 3 rings (SSSR count). The van der Waals surface area contributed by atoms with E-state index < -0.39 is 17.6 Å². The van der Waals surface area contributed by atoms with Crippen molar-refractivity contribution in [3.05, 3.63) is 63.7 Å². The van der Waals surface area contributed by atoms with Gasteiger partial charge in [-0.3, -0.25) is 4.79 Å². The molecule has 2 nitrogen and oxygen atoms in total. The first-order chi connectivity index (χ1) is 11.4. The summed E-state index contributed by atoms with van der Waals surface area (Å²) in [6.45, 7) is 0. The zero-order valence-corrected chi connectivity index (χ0v) is 13.5. The number of nitrogens with one attached hydrogen (secondary N) is 1. The second kappa shape index (κ2) is 6.48. The van der Waals surface area contributed by atoms with Crippen molar-refractivity contribution in [3.8, 4) is 0 Å². The highest BCUT2D eigenvalue weighted by atomic mass is 35.5. The predicted octanol–water partition coefficient (Wildman–Crippen LogP) is 5.49. The van der Waals surface area contributed by atoms with Gasteiger partial charge in [-0.05, 0) is 61.1 Å². The van der Waals surface area contributed by atoms with E-state index in [2.05, 4.69) is 5.32 Å². The third-order valence-corrected chi connectivity index (χ3v) is 4.51. The fourth-order valence-corrected chi connectivity index (χ4v) is 3.17. The Morgan fingerprint density at radius 3 is 2.58 bits per heavy atom. The quantitative estimate of drug-likeness (QED) is 0.760. The summed E-state index contributed by atoms with van der Waals surface area (Å²) in [6, 6.07) is 8.37. The molecule has 0 radical (unpaired) electrons. The van der Waals surface area contributed by atoms with Gasteiger partial charge in [0.2, 0.25) is 0 Å². The molecule has 0 atom stereocenters. The summed E-state index contributed by atoms with van der Waals surface area (Å²) < 4.78 is 38.5. The zero-order valence-electron chi connectivity index (χ0n) is 12.7. The fourth-order valence-electron chi connectivity index (χ4n) is 2.96. The number of benzene rings is 2. The van der Waals surface area contributed by atoms with E-state index in [9.17, 15) is 18.0 Å². The average Bonchev–Trinajstić information content (AvgIpc) is 2.54. The number of anilines is 1. The van der Waals surface area contributed by atoms with E-state index in [4.69, 9.17) is 11.6 Å². The number of hydrogen-bond donors (Lipinski definition) is 1. The van der Waals surface area contributed by atoms with Crippen molar-refractivity contribution in [1.29, 1.82) is 0 Å². The lowest BCUT2D eigenvalue weighted by molar-refractivity contribution is -0.137. The SMILES string of the molecule is O=C(Nc1cccc2c1CCCC2)c1cc(C(F)(F)F)ccc1Cl. The third kappa shape index (κ3) is 3.41. The Morgan fingerprint density at radius 1 is 1.08 bits per heavy atom. The van der Waals surface area contributed by atoms with Crippen LogP contribution in [0.1, 0.15) is 39.9 Å². The molecule has 0 heterocycles. The molecule has 0 bridgehead atoms. The van der Waals surface area contributed by atoms with Crippen LogP contribution in [-0.2, 0) is 19.0 Å². The molecule has 6 heteroatoms. The highest BCUT2D eigenvalue weighted by Gasteiger charge is 2.31. The Kier molecular flexibility index (Phi) is 4.54. The lowest BCUT2D eigenvalue weighted by atomic mass is 9.90. The van der Waals surface area contributed by atoms with Crippen LogP contribution in [0.3, 0.4) is 0 Å². The minimum atomic E-state index is -4.52. The molecule has 1 aliphatic carbocycles. The van der Waals surface area contributed by atoms with Gasteiger partial charge in [-0.1, -0.05) is 23.7 Å². The van der Waals surface area contributed by atoms with Crippen LogP contribution in [0.15, 0.2) is 36.4 Å². The lowest BCUT2D eigenvalue weighted by Gasteiger charge is -2.20. The third-order valence-electron chi connectivity index (χ3n) is 4.18. The van der Waals surface area contributed by atoms with Gasteiger partial charge in [0, 0.05) is 5.69 Å². The Morgan fingerprint density at radius 2 is 1.83 bits per heavy atom. The molecule has 0 saturated heterocycles. The fraction of sp³-hybridized carbons (Fsp3) is 0.278. The van der Waals surface area contributed by atoms with E-state index in [1.54, 1.807) is 6.07 Å². The summed E-state index contributed by atoms with van der Waals surface area (Å²) in [7, 11) is 0. The van der Waals surface area contributed by atoms with E-state index in [1.165, 1.54) is 5.56 Å². The van der Waals surface area contributed by atoms with Crippen molar-refractivity contribution in [2.45, 2.75) is 31.9 Å². The summed E-state index contributed by atoms with van der Waals surface area (Å²) in [5.74, 6) is -0.634. The number of fused-ring (bicyclic) bond motifs is 1. The first kappa shape index (κ1) is 16.8. The molecule has 24 heavy (non-hydrogen) atoms. The number of alkyl halides is 3. The largest absolute Gasteiger partial charge is 0.416 e. The van der Waals surface area contributed by atoms with Gasteiger partial charge in [0.1, 0.15) is 0 Å². The second-order valence-electron chi connectivity index (χ2n) is 5.80. The van der Waals surface area contributed by atoms with E-state index in [1.807, 2.05) is 12.1 Å². The molecule has 0 saturated carbocycles. The zero-order chi connectivity index (χ0) is 17.3. The first-order valence-corrected chi connectivity index (χ1v) is 8.03. The lowest BCUT2D eigenvalue weighted by Crippen LogP contribution is -2.17. The van der Waals surface area contributed by atoms with Crippen LogP contribution in [-0.4, -0.2) is 5.91 Å². The molecule has 0 spiro atoms. The number of halogens is 4. The Labute approximate surface area is 142 Å². The highest BCUT2D eigenvalue weighted by Crippen LogP contribution is 2.33. The van der Waals surface area contributed by atoms with E-state index in [0.29, 0.717) is 5.69 Å². The number of aryl methyl sites for hydroxylation is 1. The summed E-state index contributed by atoms with van der Waals surface area (Å²) in [5, 5.41) is 2.71. The number of carbonyl (C=O) groups is 1. The summed E-state index contributed by atoms with van der Waals surface area (Å²) in [6.07, 6.45) is -0.592. The number of rotatable bonds is 2. The monoisotopic (exact) mass is 353 g/mol. The molecule has 1 amide bonds. The van der Waals surface area contributed by atoms with Crippen LogP contribution >= 0.6 is 11.6 Å². The molecule has 0 aliphatic heterocycles. The maximum atomic E-state index is 12.8. The van der Waals surface area contributed by atoms with Crippen molar-refractivity contribution in [2.75, 3.05) is 5.32 Å². The van der Waals surface area contributed by atoms with Crippen LogP contribution in [0.4, 0.5) is 18.9 Å². The normalized spacial score (nSPS) is 14.2. The number of carbonyl (C=O) groups excluding carboxylic acids is 1. The molecule has 0 unspecified atom stereocenters. The van der Waals surface area contributed by atoms with Gasteiger partial charge in [-0.25, -0.2) is 0 Å². The first-order valence-electron chi connectivity index (χ1n) is 7.65. The summed E-state index contributed by atoms with van der Waals surface area (Å²) >= 11 is 5.92. The highest BCUT2D eigenvalue weighted by molar-refractivity contribution is 6.34. The van der Waals surface area contributed by atoms with Gasteiger partial charge in [0.25, 0.3) is 5.91 Å². The molecule has 126 valence electrons. The maximum Gasteiger partial charge on any atom is 0.416 e. The molecule has 1 aliphatic rings. The van der Waals surface area contributed by atoms with Crippen molar-refractivity contribution in [2.24, 2.45) is 0 Å². The van der Waals surface area contributed by atoms with Gasteiger partial charge in [-0.15, -0.1) is 0 Å². The van der Waals surface area contributed by atoms with Gasteiger partial charge in [0.05, 0.1) is 16.1 Å². The van der Waals surface area contributed by atoms with Crippen LogP contribution in [0.5, 0.6) is 0 Å². The van der Waals surface area contributed by atoms with Crippen LogP contribution < -0.4 is 5.32 Å². The average molecular weight is 354 g/mol. The van der Waals surface area contributed by atoms with Gasteiger partial charge in [0.15, 0.2) is 0 Å². The van der Waals surface area contributed by atoms with E-state index >= 15 is 0 Å². The van der Waals surface area contributed by atoms with Crippen LogP contribution in [0.2, 0.25) is 5.02 Å². The predicted molar refractivity (Wildman–Crippen MR) is 87.5 cm³/mol. The van der Waals surface area contributed by atoms with Gasteiger partial charge >= 0.3 is 6.18 Å².